The van der Waals surface area contributed by atoms with Gasteiger partial charge in [0.2, 0.25) is 0 Å². The van der Waals surface area contributed by atoms with E-state index in [1.807, 2.05) is 0 Å². The number of rotatable bonds is 3. The molecule has 1 aromatic heterocycles. The van der Waals surface area contributed by atoms with E-state index >= 15 is 0 Å². The SMILES string of the molecule is O=C(O)c1cccnc1C(=O)Nc1ccc(Br)c(F)c1. The van der Waals surface area contributed by atoms with E-state index in [0.29, 0.717) is 0 Å². The van der Waals surface area contributed by atoms with Gasteiger partial charge in [0.15, 0.2) is 0 Å². The lowest BCUT2D eigenvalue weighted by Crippen LogP contribution is -2.18. The number of halogens is 2. The zero-order chi connectivity index (χ0) is 14.7. The third-order valence-electron chi connectivity index (χ3n) is 2.43. The second kappa shape index (κ2) is 5.79. The van der Waals surface area contributed by atoms with Crippen LogP contribution in [-0.2, 0) is 0 Å². The van der Waals surface area contributed by atoms with Crippen LogP contribution in [-0.4, -0.2) is 22.0 Å². The number of carboxylic acids is 1. The Bertz CT molecular complexity index is 691. The Morgan fingerprint density at radius 1 is 1.30 bits per heavy atom. The van der Waals surface area contributed by atoms with E-state index in [1.54, 1.807) is 0 Å². The molecule has 2 N–H and O–H groups in total. The van der Waals surface area contributed by atoms with Gasteiger partial charge in [0.1, 0.15) is 11.5 Å². The topological polar surface area (TPSA) is 79.3 Å². The van der Waals surface area contributed by atoms with Gasteiger partial charge in [0.25, 0.3) is 5.91 Å². The molecule has 1 aromatic carbocycles. The summed E-state index contributed by atoms with van der Waals surface area (Å²) in [6.45, 7) is 0. The third kappa shape index (κ3) is 3.00. The van der Waals surface area contributed by atoms with Crippen molar-refractivity contribution in [2.75, 3.05) is 5.32 Å². The Labute approximate surface area is 121 Å². The first-order chi connectivity index (χ1) is 9.49. The lowest BCUT2D eigenvalue weighted by atomic mass is 10.2. The molecule has 7 heteroatoms. The maximum absolute atomic E-state index is 13.3. The molecule has 102 valence electrons. The van der Waals surface area contributed by atoms with Crippen LogP contribution in [0.3, 0.4) is 0 Å². The van der Waals surface area contributed by atoms with Crippen molar-refractivity contribution < 1.29 is 19.1 Å². The summed E-state index contributed by atoms with van der Waals surface area (Å²) in [5.74, 6) is -2.52. The molecule has 0 radical (unpaired) electrons. The summed E-state index contributed by atoms with van der Waals surface area (Å²) < 4.78 is 13.6. The number of anilines is 1. The van der Waals surface area contributed by atoms with Crippen LogP contribution < -0.4 is 5.32 Å². The number of hydrogen-bond donors (Lipinski definition) is 2. The van der Waals surface area contributed by atoms with Crippen LogP contribution in [0.1, 0.15) is 20.8 Å². The van der Waals surface area contributed by atoms with E-state index in [4.69, 9.17) is 5.11 Å². The Morgan fingerprint density at radius 2 is 2.05 bits per heavy atom. The van der Waals surface area contributed by atoms with Crippen molar-refractivity contribution in [3.63, 3.8) is 0 Å². The number of aromatic nitrogens is 1. The molecule has 0 saturated heterocycles. The summed E-state index contributed by atoms with van der Waals surface area (Å²) >= 11 is 2.99. The smallest absolute Gasteiger partial charge is 0.338 e. The molecule has 0 spiro atoms. The quantitative estimate of drug-likeness (QED) is 0.901. The van der Waals surface area contributed by atoms with Crippen LogP contribution >= 0.6 is 15.9 Å². The molecule has 0 unspecified atom stereocenters. The molecule has 0 atom stereocenters. The Hall–Kier alpha value is -2.28. The molecule has 0 aliphatic heterocycles. The largest absolute Gasteiger partial charge is 0.478 e. The number of nitrogens with one attached hydrogen (secondary N) is 1. The van der Waals surface area contributed by atoms with Crippen LogP contribution in [0.4, 0.5) is 10.1 Å². The van der Waals surface area contributed by atoms with Crippen LogP contribution in [0, 0.1) is 5.82 Å². The lowest BCUT2D eigenvalue weighted by molar-refractivity contribution is 0.0691. The highest BCUT2D eigenvalue weighted by Crippen LogP contribution is 2.20. The van der Waals surface area contributed by atoms with E-state index < -0.39 is 17.7 Å². The molecule has 1 heterocycles. The molecule has 1 amide bonds. The number of pyridine rings is 1. The van der Waals surface area contributed by atoms with E-state index in [1.165, 1.54) is 30.5 Å². The highest BCUT2D eigenvalue weighted by Gasteiger charge is 2.17. The molecule has 2 aromatic rings. The van der Waals surface area contributed by atoms with Crippen molar-refractivity contribution in [1.29, 1.82) is 0 Å². The lowest BCUT2D eigenvalue weighted by Gasteiger charge is -2.07. The molecule has 0 bridgehead atoms. The average molecular weight is 339 g/mol. The fourth-order valence-corrected chi connectivity index (χ4v) is 1.77. The number of amides is 1. The Balaban J connectivity index is 2.28. The first-order valence-electron chi connectivity index (χ1n) is 5.44. The minimum Gasteiger partial charge on any atom is -0.478 e. The summed E-state index contributed by atoms with van der Waals surface area (Å²) in [5, 5.41) is 11.4. The van der Waals surface area contributed by atoms with Crippen LogP contribution in [0.25, 0.3) is 0 Å². The molecule has 0 saturated carbocycles. The van der Waals surface area contributed by atoms with Gasteiger partial charge in [-0.3, -0.25) is 9.78 Å². The number of nitrogens with zero attached hydrogens (tertiary/aromatic N) is 1. The van der Waals surface area contributed by atoms with Crippen LogP contribution in [0.2, 0.25) is 0 Å². The van der Waals surface area contributed by atoms with Gasteiger partial charge in [-0.1, -0.05) is 0 Å². The summed E-state index contributed by atoms with van der Waals surface area (Å²) in [4.78, 5) is 26.7. The second-order valence-electron chi connectivity index (χ2n) is 3.79. The van der Waals surface area contributed by atoms with Crippen molar-refractivity contribution in [3.05, 3.63) is 58.1 Å². The third-order valence-corrected chi connectivity index (χ3v) is 3.07. The predicted molar refractivity (Wildman–Crippen MR) is 73.2 cm³/mol. The van der Waals surface area contributed by atoms with Crippen molar-refractivity contribution >= 4 is 33.5 Å². The van der Waals surface area contributed by atoms with Gasteiger partial charge in [-0.05, 0) is 46.3 Å². The summed E-state index contributed by atoms with van der Waals surface area (Å²) in [6.07, 6.45) is 1.31. The minimum atomic E-state index is -1.26. The van der Waals surface area contributed by atoms with E-state index in [9.17, 15) is 14.0 Å². The summed E-state index contributed by atoms with van der Waals surface area (Å²) in [5.41, 5.74) is -0.247. The first-order valence-corrected chi connectivity index (χ1v) is 6.23. The van der Waals surface area contributed by atoms with E-state index in [2.05, 4.69) is 26.2 Å². The Morgan fingerprint density at radius 3 is 2.70 bits per heavy atom. The standard InChI is InChI=1S/C13H8BrFN2O3/c14-9-4-3-7(6-10(9)15)17-12(18)11-8(13(19)20)2-1-5-16-11/h1-6H,(H,17,18)(H,19,20). The molecular formula is C13H8BrFN2O3. The van der Waals surface area contributed by atoms with Gasteiger partial charge in [-0.25, -0.2) is 9.18 Å². The number of carbonyl (C=O) groups excluding carboxylic acids is 1. The monoisotopic (exact) mass is 338 g/mol. The normalized spacial score (nSPS) is 10.1. The molecule has 20 heavy (non-hydrogen) atoms. The molecule has 0 aliphatic rings. The van der Waals surface area contributed by atoms with Gasteiger partial charge < -0.3 is 10.4 Å². The molecule has 5 nitrogen and oxygen atoms in total. The number of benzene rings is 1. The van der Waals surface area contributed by atoms with Crippen LogP contribution in [0.15, 0.2) is 41.0 Å². The van der Waals surface area contributed by atoms with Gasteiger partial charge >= 0.3 is 5.97 Å². The van der Waals surface area contributed by atoms with Gasteiger partial charge in [-0.15, -0.1) is 0 Å². The zero-order valence-electron chi connectivity index (χ0n) is 9.93. The molecule has 2 rings (SSSR count). The van der Waals surface area contributed by atoms with Crippen molar-refractivity contribution in [3.8, 4) is 0 Å². The molecule has 0 aliphatic carbocycles. The van der Waals surface area contributed by atoms with Gasteiger partial charge in [0, 0.05) is 11.9 Å². The van der Waals surface area contributed by atoms with Gasteiger partial charge in [-0.2, -0.15) is 0 Å². The first kappa shape index (κ1) is 14.1. The number of hydrogen-bond acceptors (Lipinski definition) is 3. The minimum absolute atomic E-state index is 0.206. The number of carboxylic acid groups (broad SMARTS) is 1. The fraction of sp³-hybridized carbons (Fsp3) is 0. The van der Waals surface area contributed by atoms with Crippen molar-refractivity contribution in [2.45, 2.75) is 0 Å². The zero-order valence-corrected chi connectivity index (χ0v) is 11.5. The molecular weight excluding hydrogens is 331 g/mol. The maximum Gasteiger partial charge on any atom is 0.338 e. The van der Waals surface area contributed by atoms with Crippen LogP contribution in [0.5, 0.6) is 0 Å². The van der Waals surface area contributed by atoms with E-state index in [-0.39, 0.29) is 21.4 Å². The summed E-state index contributed by atoms with van der Waals surface area (Å²) in [7, 11) is 0. The predicted octanol–water partition coefficient (Wildman–Crippen LogP) is 2.93. The van der Waals surface area contributed by atoms with E-state index in [0.717, 1.165) is 6.07 Å². The van der Waals surface area contributed by atoms with Crippen molar-refractivity contribution in [2.24, 2.45) is 0 Å². The van der Waals surface area contributed by atoms with Crippen molar-refractivity contribution in [1.82, 2.24) is 4.98 Å². The molecule has 0 fully saturated rings. The number of carbonyl (C=O) groups is 2. The average Bonchev–Trinajstić information content (AvgIpc) is 2.43. The maximum atomic E-state index is 13.3. The fourth-order valence-electron chi connectivity index (χ4n) is 1.52. The highest BCUT2D eigenvalue weighted by atomic mass is 79.9. The number of aromatic carboxylic acids is 1. The Kier molecular flexibility index (Phi) is 4.09. The van der Waals surface area contributed by atoms with Gasteiger partial charge in [0.05, 0.1) is 10.0 Å². The highest BCUT2D eigenvalue weighted by molar-refractivity contribution is 9.10. The summed E-state index contributed by atoms with van der Waals surface area (Å²) in [6, 6.07) is 6.72. The second-order valence-corrected chi connectivity index (χ2v) is 4.64.